The van der Waals surface area contributed by atoms with Crippen LogP contribution in [0.4, 0.5) is 0 Å². The topological polar surface area (TPSA) is 56.9 Å². The Labute approximate surface area is 98.1 Å². The summed E-state index contributed by atoms with van der Waals surface area (Å²) in [6.45, 7) is 1.92. The lowest BCUT2D eigenvalue weighted by molar-refractivity contribution is 0.979. The highest BCUT2D eigenvalue weighted by Gasteiger charge is 2.11. The number of H-pyrrole nitrogens is 1. The van der Waals surface area contributed by atoms with E-state index in [-0.39, 0.29) is 0 Å². The lowest BCUT2D eigenvalue weighted by Gasteiger charge is -1.93. The van der Waals surface area contributed by atoms with Gasteiger partial charge in [0.25, 0.3) is 0 Å². The molecule has 0 amide bonds. The average molecular weight is 222 g/mol. The Morgan fingerprint density at radius 2 is 2.06 bits per heavy atom. The Hall–Kier alpha value is -2.54. The quantitative estimate of drug-likeness (QED) is 0.687. The van der Waals surface area contributed by atoms with E-state index in [2.05, 4.69) is 16.2 Å². The summed E-state index contributed by atoms with van der Waals surface area (Å²) in [5.74, 6) is 0.813. The van der Waals surface area contributed by atoms with E-state index >= 15 is 0 Å². The molecule has 17 heavy (non-hydrogen) atoms. The van der Waals surface area contributed by atoms with Crippen molar-refractivity contribution in [3.8, 4) is 17.5 Å². The van der Waals surface area contributed by atoms with Crippen molar-refractivity contribution in [1.82, 2.24) is 14.6 Å². The molecule has 4 heteroatoms. The van der Waals surface area contributed by atoms with E-state index in [1.807, 2.05) is 37.3 Å². The minimum atomic E-state index is 0.656. The first kappa shape index (κ1) is 9.67. The van der Waals surface area contributed by atoms with Crippen molar-refractivity contribution in [2.45, 2.75) is 6.92 Å². The molecule has 0 spiro atoms. The second kappa shape index (κ2) is 3.49. The van der Waals surface area contributed by atoms with Gasteiger partial charge in [0.1, 0.15) is 11.7 Å². The van der Waals surface area contributed by atoms with E-state index < -0.39 is 0 Å². The van der Waals surface area contributed by atoms with Crippen molar-refractivity contribution >= 4 is 5.65 Å². The standard InChI is InChI=1S/C13H10N4/c1-9-11(7-14)8-17-13(9)15-12(16-17)10-5-3-2-4-6-10/h2-6,8H,1H3,(H,15,16). The van der Waals surface area contributed by atoms with Crippen LogP contribution < -0.4 is 0 Å². The van der Waals surface area contributed by atoms with E-state index in [9.17, 15) is 0 Å². The van der Waals surface area contributed by atoms with Gasteiger partial charge in [-0.25, -0.2) is 4.52 Å². The number of nitrogens with zero attached hydrogens (tertiary/aromatic N) is 3. The third kappa shape index (κ3) is 1.41. The van der Waals surface area contributed by atoms with Crippen molar-refractivity contribution < 1.29 is 0 Å². The van der Waals surface area contributed by atoms with Crippen LogP contribution in [-0.4, -0.2) is 14.6 Å². The molecule has 0 fully saturated rings. The van der Waals surface area contributed by atoms with Gasteiger partial charge in [-0.1, -0.05) is 30.3 Å². The molecule has 1 aromatic carbocycles. The first-order chi connectivity index (χ1) is 8.29. The summed E-state index contributed by atoms with van der Waals surface area (Å²) in [6, 6.07) is 12.1. The number of rotatable bonds is 1. The van der Waals surface area contributed by atoms with Crippen LogP contribution in [0.2, 0.25) is 0 Å². The fraction of sp³-hybridized carbons (Fsp3) is 0.0769. The molecule has 2 heterocycles. The number of fused-ring (bicyclic) bond motifs is 1. The van der Waals surface area contributed by atoms with Crippen molar-refractivity contribution in [3.63, 3.8) is 0 Å². The van der Waals surface area contributed by atoms with Gasteiger partial charge in [0, 0.05) is 17.3 Å². The van der Waals surface area contributed by atoms with E-state index in [1.54, 1.807) is 10.7 Å². The molecule has 0 aliphatic heterocycles. The van der Waals surface area contributed by atoms with Crippen molar-refractivity contribution in [2.24, 2.45) is 0 Å². The Balaban J connectivity index is 2.20. The lowest BCUT2D eigenvalue weighted by Crippen LogP contribution is -1.83. The van der Waals surface area contributed by atoms with Gasteiger partial charge < -0.3 is 4.98 Å². The van der Waals surface area contributed by atoms with E-state index in [0.29, 0.717) is 5.56 Å². The zero-order valence-corrected chi connectivity index (χ0v) is 9.31. The number of aromatic nitrogens is 3. The Bertz CT molecular complexity index is 713. The highest BCUT2D eigenvalue weighted by molar-refractivity contribution is 5.63. The average Bonchev–Trinajstić information content (AvgIpc) is 2.90. The summed E-state index contributed by atoms with van der Waals surface area (Å²) >= 11 is 0. The summed E-state index contributed by atoms with van der Waals surface area (Å²) in [7, 11) is 0. The summed E-state index contributed by atoms with van der Waals surface area (Å²) in [5, 5.41) is 13.3. The summed E-state index contributed by atoms with van der Waals surface area (Å²) in [5.41, 5.74) is 3.50. The molecule has 0 aliphatic carbocycles. The maximum Gasteiger partial charge on any atom is 0.159 e. The number of benzene rings is 1. The molecule has 0 aliphatic rings. The smallest absolute Gasteiger partial charge is 0.159 e. The van der Waals surface area contributed by atoms with E-state index in [4.69, 9.17) is 5.26 Å². The Morgan fingerprint density at radius 3 is 2.71 bits per heavy atom. The zero-order valence-electron chi connectivity index (χ0n) is 9.31. The van der Waals surface area contributed by atoms with Gasteiger partial charge in [-0.3, -0.25) is 0 Å². The first-order valence-corrected chi connectivity index (χ1v) is 5.33. The van der Waals surface area contributed by atoms with Gasteiger partial charge in [0.05, 0.1) is 5.56 Å². The third-order valence-electron chi connectivity index (χ3n) is 2.85. The fourth-order valence-electron chi connectivity index (χ4n) is 1.90. The largest absolute Gasteiger partial charge is 0.323 e. The van der Waals surface area contributed by atoms with Crippen LogP contribution >= 0.6 is 0 Å². The van der Waals surface area contributed by atoms with E-state index in [0.717, 1.165) is 22.6 Å². The normalized spacial score (nSPS) is 10.6. The molecule has 0 saturated heterocycles. The molecule has 0 radical (unpaired) electrons. The van der Waals surface area contributed by atoms with Crippen LogP contribution in [0.15, 0.2) is 36.5 Å². The predicted octanol–water partition coefficient (Wildman–Crippen LogP) is 2.51. The Kier molecular flexibility index (Phi) is 1.99. The van der Waals surface area contributed by atoms with Crippen molar-refractivity contribution in [1.29, 1.82) is 5.26 Å². The number of hydrogen-bond acceptors (Lipinski definition) is 2. The summed E-state index contributed by atoms with van der Waals surface area (Å²) < 4.78 is 1.72. The van der Waals surface area contributed by atoms with Crippen LogP contribution in [-0.2, 0) is 0 Å². The van der Waals surface area contributed by atoms with Crippen molar-refractivity contribution in [3.05, 3.63) is 47.7 Å². The van der Waals surface area contributed by atoms with Crippen LogP contribution in [0.5, 0.6) is 0 Å². The van der Waals surface area contributed by atoms with Gasteiger partial charge in [0.15, 0.2) is 5.82 Å². The number of hydrogen-bond donors (Lipinski definition) is 1. The SMILES string of the molecule is Cc1c(C#N)cn2nc(-c3ccccc3)[nH]c12. The van der Waals surface area contributed by atoms with Crippen LogP contribution in [0.3, 0.4) is 0 Å². The minimum Gasteiger partial charge on any atom is -0.323 e. The lowest BCUT2D eigenvalue weighted by atomic mass is 10.2. The van der Waals surface area contributed by atoms with Crippen molar-refractivity contribution in [2.75, 3.05) is 0 Å². The molecule has 2 aromatic heterocycles. The van der Waals surface area contributed by atoms with Gasteiger partial charge in [-0.2, -0.15) is 5.26 Å². The minimum absolute atomic E-state index is 0.656. The van der Waals surface area contributed by atoms with Crippen LogP contribution in [0, 0.1) is 18.3 Å². The highest BCUT2D eigenvalue weighted by Crippen LogP contribution is 2.20. The van der Waals surface area contributed by atoms with Gasteiger partial charge in [-0.15, -0.1) is 5.10 Å². The zero-order chi connectivity index (χ0) is 11.8. The molecule has 3 aromatic rings. The maximum atomic E-state index is 8.92. The van der Waals surface area contributed by atoms with E-state index in [1.165, 1.54) is 0 Å². The molecule has 0 atom stereocenters. The second-order valence-electron chi connectivity index (χ2n) is 3.91. The first-order valence-electron chi connectivity index (χ1n) is 5.33. The monoisotopic (exact) mass is 222 g/mol. The van der Waals surface area contributed by atoms with Crippen LogP contribution in [0.25, 0.3) is 17.0 Å². The molecule has 3 rings (SSSR count). The Morgan fingerprint density at radius 1 is 1.29 bits per heavy atom. The second-order valence-corrected chi connectivity index (χ2v) is 3.91. The number of aromatic amines is 1. The molecule has 0 bridgehead atoms. The molecule has 1 N–H and O–H groups in total. The molecule has 0 unspecified atom stereocenters. The summed E-state index contributed by atoms with van der Waals surface area (Å²) in [4.78, 5) is 3.24. The predicted molar refractivity (Wildman–Crippen MR) is 64.4 cm³/mol. The molecule has 0 saturated carbocycles. The molecule has 4 nitrogen and oxygen atoms in total. The molecular formula is C13H10N4. The number of nitriles is 1. The van der Waals surface area contributed by atoms with Gasteiger partial charge in [-0.05, 0) is 6.92 Å². The van der Waals surface area contributed by atoms with Gasteiger partial charge >= 0.3 is 0 Å². The number of aryl methyl sites for hydroxylation is 1. The van der Waals surface area contributed by atoms with Crippen LogP contribution in [0.1, 0.15) is 11.1 Å². The third-order valence-corrected chi connectivity index (χ3v) is 2.85. The highest BCUT2D eigenvalue weighted by atomic mass is 15.3. The molecule has 82 valence electrons. The number of nitrogens with one attached hydrogen (secondary N) is 1. The maximum absolute atomic E-state index is 8.92. The summed E-state index contributed by atoms with van der Waals surface area (Å²) in [6.07, 6.45) is 1.74. The fourth-order valence-corrected chi connectivity index (χ4v) is 1.90. The molecular weight excluding hydrogens is 212 g/mol. The van der Waals surface area contributed by atoms with Gasteiger partial charge in [0.2, 0.25) is 0 Å².